The van der Waals surface area contributed by atoms with Crippen molar-refractivity contribution in [2.75, 3.05) is 21.2 Å². The number of nitrogens with zero attached hydrogens (tertiary/aromatic N) is 1. The van der Waals surface area contributed by atoms with Crippen molar-refractivity contribution < 1.29 is 4.74 Å². The van der Waals surface area contributed by atoms with Crippen molar-refractivity contribution in [3.63, 3.8) is 0 Å². The molecule has 1 aliphatic rings. The van der Waals surface area contributed by atoms with E-state index in [1.54, 1.807) is 7.11 Å². The van der Waals surface area contributed by atoms with Gasteiger partial charge in [-0.25, -0.2) is 0 Å². The van der Waals surface area contributed by atoms with Crippen LogP contribution in [0, 0.1) is 0 Å². The quantitative estimate of drug-likeness (QED) is 0.811. The van der Waals surface area contributed by atoms with Gasteiger partial charge in [0.25, 0.3) is 0 Å². The summed E-state index contributed by atoms with van der Waals surface area (Å²) in [5.41, 5.74) is 2.62. The van der Waals surface area contributed by atoms with Gasteiger partial charge in [-0.2, -0.15) is 0 Å². The smallest absolute Gasteiger partial charge is 0.123 e. The number of ether oxygens (including phenoxy) is 1. The molecule has 0 heterocycles. The van der Waals surface area contributed by atoms with Crippen molar-refractivity contribution >= 4 is 0 Å². The fourth-order valence-corrected chi connectivity index (χ4v) is 3.37. The lowest BCUT2D eigenvalue weighted by Crippen LogP contribution is -2.30. The van der Waals surface area contributed by atoms with Crippen LogP contribution in [0.2, 0.25) is 0 Å². The van der Waals surface area contributed by atoms with Gasteiger partial charge in [-0.1, -0.05) is 31.7 Å². The van der Waals surface area contributed by atoms with Gasteiger partial charge in [0.1, 0.15) is 5.75 Å². The summed E-state index contributed by atoms with van der Waals surface area (Å²) in [7, 11) is 6.02. The molecule has 0 radical (unpaired) electrons. The normalized spacial score (nSPS) is 17.0. The van der Waals surface area contributed by atoms with Crippen LogP contribution in [0.1, 0.15) is 49.7 Å². The van der Waals surface area contributed by atoms with E-state index in [2.05, 4.69) is 35.5 Å². The molecule has 1 aliphatic carbocycles. The molecule has 118 valence electrons. The van der Waals surface area contributed by atoms with E-state index in [1.165, 1.54) is 49.7 Å². The van der Waals surface area contributed by atoms with Gasteiger partial charge in [-0.05, 0) is 44.6 Å². The second kappa shape index (κ2) is 8.40. The number of hydrogen-bond acceptors (Lipinski definition) is 3. The molecule has 0 spiro atoms. The van der Waals surface area contributed by atoms with Gasteiger partial charge in [-0.3, -0.25) is 4.90 Å². The molecule has 1 fully saturated rings. The predicted molar refractivity (Wildman–Crippen MR) is 88.7 cm³/mol. The minimum Gasteiger partial charge on any atom is -0.496 e. The molecule has 0 saturated heterocycles. The molecule has 0 bridgehead atoms. The van der Waals surface area contributed by atoms with Gasteiger partial charge < -0.3 is 10.1 Å². The lowest BCUT2D eigenvalue weighted by Gasteiger charge is -2.28. The first-order valence-corrected chi connectivity index (χ1v) is 8.25. The van der Waals surface area contributed by atoms with Gasteiger partial charge in [0.2, 0.25) is 0 Å². The fourth-order valence-electron chi connectivity index (χ4n) is 3.37. The Morgan fingerprint density at radius 2 is 1.90 bits per heavy atom. The maximum Gasteiger partial charge on any atom is 0.123 e. The van der Waals surface area contributed by atoms with Crippen LogP contribution in [-0.4, -0.2) is 32.1 Å². The molecule has 0 atom stereocenters. The van der Waals surface area contributed by atoms with Gasteiger partial charge in [0.05, 0.1) is 7.11 Å². The zero-order valence-electron chi connectivity index (χ0n) is 13.8. The fraction of sp³-hybridized carbons (Fsp3) is 0.667. The minimum atomic E-state index is 0.727. The lowest BCUT2D eigenvalue weighted by molar-refractivity contribution is 0.210. The number of nitrogens with one attached hydrogen (secondary N) is 1. The number of rotatable bonds is 6. The van der Waals surface area contributed by atoms with E-state index in [4.69, 9.17) is 4.74 Å². The molecular weight excluding hydrogens is 260 g/mol. The zero-order valence-corrected chi connectivity index (χ0v) is 13.8. The van der Waals surface area contributed by atoms with E-state index >= 15 is 0 Å². The molecule has 0 amide bonds. The Morgan fingerprint density at radius 1 is 1.19 bits per heavy atom. The third-order valence-electron chi connectivity index (χ3n) is 4.59. The molecular formula is C18H30N2O. The monoisotopic (exact) mass is 290 g/mol. The first kappa shape index (κ1) is 16.3. The van der Waals surface area contributed by atoms with Crippen LogP contribution >= 0.6 is 0 Å². The Hall–Kier alpha value is -1.06. The summed E-state index contributed by atoms with van der Waals surface area (Å²) in [6, 6.07) is 7.25. The first-order chi connectivity index (χ1) is 10.2. The van der Waals surface area contributed by atoms with Crippen molar-refractivity contribution in [1.82, 2.24) is 10.2 Å². The molecule has 1 aromatic rings. The van der Waals surface area contributed by atoms with E-state index in [-0.39, 0.29) is 0 Å². The Kier molecular flexibility index (Phi) is 6.52. The zero-order chi connectivity index (χ0) is 15.1. The number of methoxy groups -OCH3 is 1. The Labute approximate surface area is 129 Å². The maximum absolute atomic E-state index is 5.54. The van der Waals surface area contributed by atoms with E-state index in [1.807, 2.05) is 7.05 Å². The van der Waals surface area contributed by atoms with Crippen molar-refractivity contribution in [2.45, 2.75) is 57.7 Å². The van der Waals surface area contributed by atoms with Crippen molar-refractivity contribution in [2.24, 2.45) is 0 Å². The van der Waals surface area contributed by atoms with Crippen molar-refractivity contribution in [3.05, 3.63) is 29.3 Å². The second-order valence-electron chi connectivity index (χ2n) is 6.24. The largest absolute Gasteiger partial charge is 0.496 e. The SMILES string of the molecule is CNCc1ccc(OC)c(CN(C)C2CCCCCC2)c1. The van der Waals surface area contributed by atoms with E-state index < -0.39 is 0 Å². The van der Waals surface area contributed by atoms with Gasteiger partial charge in [0, 0.05) is 24.7 Å². The highest BCUT2D eigenvalue weighted by Gasteiger charge is 2.18. The van der Waals surface area contributed by atoms with Crippen LogP contribution in [0.5, 0.6) is 5.75 Å². The molecule has 0 unspecified atom stereocenters. The lowest BCUT2D eigenvalue weighted by atomic mass is 10.0. The highest BCUT2D eigenvalue weighted by Crippen LogP contribution is 2.26. The Morgan fingerprint density at radius 3 is 2.52 bits per heavy atom. The maximum atomic E-state index is 5.54. The molecule has 0 aromatic heterocycles. The average Bonchev–Trinajstić information content (AvgIpc) is 2.77. The van der Waals surface area contributed by atoms with Gasteiger partial charge in [0.15, 0.2) is 0 Å². The summed E-state index contributed by atoms with van der Waals surface area (Å²) in [6.07, 6.45) is 8.26. The van der Waals surface area contributed by atoms with E-state index in [0.717, 1.165) is 24.9 Å². The standard InChI is InChI=1S/C18H30N2O/c1-19-13-15-10-11-18(21-3)16(12-15)14-20(2)17-8-6-4-5-7-9-17/h10-12,17,19H,4-9,13-14H2,1-3H3. The molecule has 0 aliphatic heterocycles. The number of benzene rings is 1. The van der Waals surface area contributed by atoms with Crippen LogP contribution in [0.3, 0.4) is 0 Å². The molecule has 1 N–H and O–H groups in total. The summed E-state index contributed by atoms with van der Waals surface area (Å²) < 4.78 is 5.54. The summed E-state index contributed by atoms with van der Waals surface area (Å²) >= 11 is 0. The third-order valence-corrected chi connectivity index (χ3v) is 4.59. The van der Waals surface area contributed by atoms with Gasteiger partial charge in [-0.15, -0.1) is 0 Å². The number of hydrogen-bond donors (Lipinski definition) is 1. The van der Waals surface area contributed by atoms with Crippen LogP contribution in [0.15, 0.2) is 18.2 Å². The highest BCUT2D eigenvalue weighted by atomic mass is 16.5. The summed E-state index contributed by atoms with van der Waals surface area (Å²) in [4.78, 5) is 2.52. The molecule has 1 aromatic carbocycles. The highest BCUT2D eigenvalue weighted by molar-refractivity contribution is 5.37. The van der Waals surface area contributed by atoms with Crippen LogP contribution in [0.4, 0.5) is 0 Å². The molecule has 3 heteroatoms. The predicted octanol–water partition coefficient (Wildman–Crippen LogP) is 3.57. The molecule has 3 nitrogen and oxygen atoms in total. The molecule has 1 saturated carbocycles. The summed E-state index contributed by atoms with van der Waals surface area (Å²) in [5, 5.41) is 3.22. The minimum absolute atomic E-state index is 0.727. The second-order valence-corrected chi connectivity index (χ2v) is 6.24. The van der Waals surface area contributed by atoms with Gasteiger partial charge >= 0.3 is 0 Å². The summed E-state index contributed by atoms with van der Waals surface area (Å²) in [6.45, 7) is 1.88. The Balaban J connectivity index is 2.06. The van der Waals surface area contributed by atoms with Crippen molar-refractivity contribution in [1.29, 1.82) is 0 Å². The van der Waals surface area contributed by atoms with Crippen LogP contribution < -0.4 is 10.1 Å². The first-order valence-electron chi connectivity index (χ1n) is 8.25. The average molecular weight is 290 g/mol. The summed E-state index contributed by atoms with van der Waals surface area (Å²) in [5.74, 6) is 1.01. The van der Waals surface area contributed by atoms with Crippen LogP contribution in [-0.2, 0) is 13.1 Å². The topological polar surface area (TPSA) is 24.5 Å². The van der Waals surface area contributed by atoms with E-state index in [9.17, 15) is 0 Å². The van der Waals surface area contributed by atoms with E-state index in [0.29, 0.717) is 0 Å². The van der Waals surface area contributed by atoms with Crippen molar-refractivity contribution in [3.8, 4) is 5.75 Å². The third kappa shape index (κ3) is 4.72. The molecule has 2 rings (SSSR count). The molecule has 21 heavy (non-hydrogen) atoms. The Bertz CT molecular complexity index is 425. The van der Waals surface area contributed by atoms with Crippen LogP contribution in [0.25, 0.3) is 0 Å².